The lowest BCUT2D eigenvalue weighted by molar-refractivity contribution is 0.0587. The first-order valence-corrected chi connectivity index (χ1v) is 5.09. The minimum Gasteiger partial charge on any atom is -0.463 e. The fourth-order valence-corrected chi connectivity index (χ4v) is 1.17. The molecule has 3 N–H and O–H groups in total. The van der Waals surface area contributed by atoms with Crippen molar-refractivity contribution >= 4 is 11.8 Å². The van der Waals surface area contributed by atoms with Crippen LogP contribution in [-0.4, -0.2) is 35.6 Å². The molecule has 0 aromatic carbocycles. The Balaban J connectivity index is 2.78. The van der Waals surface area contributed by atoms with Gasteiger partial charge in [-0.15, -0.1) is 0 Å². The molecule has 0 spiro atoms. The van der Waals surface area contributed by atoms with Crippen LogP contribution in [0.15, 0.2) is 12.3 Å². The molecule has 6 nitrogen and oxygen atoms in total. The standard InChI is InChI=1S/C10H16N4O2/c1-3-7(6-11)13-8-4-5-12-9(14-8)10(15)16-2/h4-5,7H,3,6,11H2,1-2H3,(H,12,13,14). The minimum absolute atomic E-state index is 0.0411. The number of nitrogens with two attached hydrogens (primary N) is 1. The molecule has 0 saturated heterocycles. The summed E-state index contributed by atoms with van der Waals surface area (Å²) >= 11 is 0. The number of nitrogens with zero attached hydrogens (tertiary/aromatic N) is 2. The van der Waals surface area contributed by atoms with Crippen LogP contribution in [0.25, 0.3) is 0 Å². The Bertz CT molecular complexity index is 352. The lowest BCUT2D eigenvalue weighted by Crippen LogP contribution is -2.28. The van der Waals surface area contributed by atoms with E-state index in [1.807, 2.05) is 6.92 Å². The van der Waals surface area contributed by atoms with Gasteiger partial charge >= 0.3 is 5.97 Å². The van der Waals surface area contributed by atoms with Crippen LogP contribution in [0.3, 0.4) is 0 Å². The Morgan fingerprint density at radius 2 is 2.44 bits per heavy atom. The van der Waals surface area contributed by atoms with Gasteiger partial charge in [-0.3, -0.25) is 0 Å². The van der Waals surface area contributed by atoms with Gasteiger partial charge in [-0.05, 0) is 12.5 Å². The zero-order valence-electron chi connectivity index (χ0n) is 9.43. The second kappa shape index (κ2) is 6.02. The zero-order chi connectivity index (χ0) is 12.0. The van der Waals surface area contributed by atoms with Crippen molar-refractivity contribution in [1.82, 2.24) is 9.97 Å². The molecule has 88 valence electrons. The molecule has 0 aliphatic rings. The third-order valence-electron chi connectivity index (χ3n) is 2.15. The number of nitrogens with one attached hydrogen (secondary N) is 1. The molecule has 0 saturated carbocycles. The van der Waals surface area contributed by atoms with Crippen molar-refractivity contribution in [3.8, 4) is 0 Å². The Labute approximate surface area is 94.2 Å². The molecule has 0 amide bonds. The second-order valence-corrected chi connectivity index (χ2v) is 3.24. The molecule has 0 aliphatic carbocycles. The van der Waals surface area contributed by atoms with Crippen LogP contribution >= 0.6 is 0 Å². The van der Waals surface area contributed by atoms with Crippen molar-refractivity contribution in [3.05, 3.63) is 18.1 Å². The van der Waals surface area contributed by atoms with Crippen LogP contribution in [0.2, 0.25) is 0 Å². The highest BCUT2D eigenvalue weighted by molar-refractivity contribution is 5.85. The topological polar surface area (TPSA) is 90.1 Å². The molecule has 1 rings (SSSR count). The van der Waals surface area contributed by atoms with E-state index in [1.165, 1.54) is 13.3 Å². The van der Waals surface area contributed by atoms with Crippen molar-refractivity contribution in [2.75, 3.05) is 19.0 Å². The molecule has 6 heteroatoms. The van der Waals surface area contributed by atoms with Crippen LogP contribution in [-0.2, 0) is 4.74 Å². The van der Waals surface area contributed by atoms with E-state index in [0.717, 1.165) is 6.42 Å². The number of methoxy groups -OCH3 is 1. The van der Waals surface area contributed by atoms with Crippen LogP contribution in [0.1, 0.15) is 24.0 Å². The van der Waals surface area contributed by atoms with E-state index in [-0.39, 0.29) is 11.9 Å². The van der Waals surface area contributed by atoms with Crippen molar-refractivity contribution in [2.45, 2.75) is 19.4 Å². The van der Waals surface area contributed by atoms with Crippen molar-refractivity contribution in [2.24, 2.45) is 5.73 Å². The van der Waals surface area contributed by atoms with Gasteiger partial charge < -0.3 is 15.8 Å². The molecule has 0 radical (unpaired) electrons. The number of esters is 1. The Morgan fingerprint density at radius 3 is 3.00 bits per heavy atom. The summed E-state index contributed by atoms with van der Waals surface area (Å²) in [6.45, 7) is 2.53. The SMILES string of the molecule is CCC(CN)Nc1ccnc(C(=O)OC)n1. The molecule has 1 aromatic heterocycles. The van der Waals surface area contributed by atoms with Crippen molar-refractivity contribution in [1.29, 1.82) is 0 Å². The van der Waals surface area contributed by atoms with Crippen LogP contribution in [0.4, 0.5) is 5.82 Å². The minimum atomic E-state index is -0.551. The fraction of sp³-hybridized carbons (Fsp3) is 0.500. The second-order valence-electron chi connectivity index (χ2n) is 3.24. The molecule has 1 aromatic rings. The summed E-state index contributed by atoms with van der Waals surface area (Å²) in [5, 5.41) is 3.11. The first kappa shape index (κ1) is 12.4. The normalized spacial score (nSPS) is 11.9. The van der Waals surface area contributed by atoms with E-state index in [2.05, 4.69) is 20.0 Å². The summed E-state index contributed by atoms with van der Waals surface area (Å²) in [5.41, 5.74) is 5.56. The molecule has 1 atom stereocenters. The smallest absolute Gasteiger partial charge is 0.376 e. The number of carbonyl (C=O) groups is 1. The van der Waals surface area contributed by atoms with Crippen LogP contribution in [0, 0.1) is 0 Å². The summed E-state index contributed by atoms with van der Waals surface area (Å²) in [5.74, 6) is 0.0662. The van der Waals surface area contributed by atoms with E-state index in [0.29, 0.717) is 12.4 Å². The van der Waals surface area contributed by atoms with Crippen molar-refractivity contribution < 1.29 is 9.53 Å². The molecule has 1 heterocycles. The quantitative estimate of drug-likeness (QED) is 0.704. The Morgan fingerprint density at radius 1 is 1.69 bits per heavy atom. The Hall–Kier alpha value is -1.69. The van der Waals surface area contributed by atoms with Gasteiger partial charge in [-0.2, -0.15) is 0 Å². The average molecular weight is 224 g/mol. The summed E-state index contributed by atoms with van der Waals surface area (Å²) in [4.78, 5) is 19.0. The van der Waals surface area contributed by atoms with Gasteiger partial charge in [0.15, 0.2) is 0 Å². The maximum Gasteiger partial charge on any atom is 0.376 e. The molecule has 1 unspecified atom stereocenters. The number of hydrogen-bond acceptors (Lipinski definition) is 6. The van der Waals surface area contributed by atoms with Crippen molar-refractivity contribution in [3.63, 3.8) is 0 Å². The summed E-state index contributed by atoms with van der Waals surface area (Å²) in [6, 6.07) is 1.82. The lowest BCUT2D eigenvalue weighted by Gasteiger charge is -2.14. The average Bonchev–Trinajstić information content (AvgIpc) is 2.35. The van der Waals surface area contributed by atoms with Gasteiger partial charge in [0.2, 0.25) is 5.82 Å². The summed E-state index contributed by atoms with van der Waals surface area (Å²) in [6.07, 6.45) is 2.39. The maximum atomic E-state index is 11.2. The largest absolute Gasteiger partial charge is 0.463 e. The number of hydrogen-bond donors (Lipinski definition) is 2. The lowest BCUT2D eigenvalue weighted by atomic mass is 10.2. The summed E-state index contributed by atoms with van der Waals surface area (Å²) in [7, 11) is 1.29. The maximum absolute atomic E-state index is 11.2. The van der Waals surface area contributed by atoms with E-state index in [1.54, 1.807) is 6.07 Å². The molecular weight excluding hydrogens is 208 g/mol. The fourth-order valence-electron chi connectivity index (χ4n) is 1.17. The molecule has 16 heavy (non-hydrogen) atoms. The van der Waals surface area contributed by atoms with Gasteiger partial charge in [0.05, 0.1) is 7.11 Å². The van der Waals surface area contributed by atoms with Gasteiger partial charge in [0.25, 0.3) is 0 Å². The monoisotopic (exact) mass is 224 g/mol. The number of carbonyl (C=O) groups excluding carboxylic acids is 1. The highest BCUT2D eigenvalue weighted by atomic mass is 16.5. The van der Waals surface area contributed by atoms with Gasteiger partial charge in [-0.1, -0.05) is 6.92 Å². The van der Waals surface area contributed by atoms with Crippen LogP contribution < -0.4 is 11.1 Å². The summed E-state index contributed by atoms with van der Waals surface area (Å²) < 4.78 is 4.53. The number of anilines is 1. The van der Waals surface area contributed by atoms with E-state index < -0.39 is 5.97 Å². The zero-order valence-corrected chi connectivity index (χ0v) is 9.43. The molecule has 0 fully saturated rings. The third-order valence-corrected chi connectivity index (χ3v) is 2.15. The number of rotatable bonds is 5. The molecule has 0 aliphatic heterocycles. The first-order valence-electron chi connectivity index (χ1n) is 5.09. The predicted molar refractivity (Wildman–Crippen MR) is 60.1 cm³/mol. The highest BCUT2D eigenvalue weighted by Gasteiger charge is 2.10. The predicted octanol–water partition coefficient (Wildman–Crippen LogP) is 0.412. The Kier molecular flexibility index (Phi) is 4.65. The first-order chi connectivity index (χ1) is 7.71. The highest BCUT2D eigenvalue weighted by Crippen LogP contribution is 2.06. The van der Waals surface area contributed by atoms with Crippen LogP contribution in [0.5, 0.6) is 0 Å². The van der Waals surface area contributed by atoms with Gasteiger partial charge in [-0.25, -0.2) is 14.8 Å². The molecular formula is C10H16N4O2. The third kappa shape index (κ3) is 3.16. The number of ether oxygens (including phenoxy) is 1. The molecule has 0 bridgehead atoms. The van der Waals surface area contributed by atoms with Gasteiger partial charge in [0.1, 0.15) is 5.82 Å². The van der Waals surface area contributed by atoms with E-state index in [9.17, 15) is 4.79 Å². The van der Waals surface area contributed by atoms with Gasteiger partial charge in [0, 0.05) is 18.8 Å². The van der Waals surface area contributed by atoms with E-state index in [4.69, 9.17) is 5.73 Å². The number of aromatic nitrogens is 2. The van der Waals surface area contributed by atoms with E-state index >= 15 is 0 Å².